The molecule has 0 atom stereocenters. The van der Waals surface area contributed by atoms with E-state index in [4.69, 9.17) is 9.47 Å². The third kappa shape index (κ3) is 3.73. The number of rotatable bonds is 5. The van der Waals surface area contributed by atoms with Crippen molar-refractivity contribution < 1.29 is 27.4 Å². The molecule has 9 heteroatoms. The molecule has 0 unspecified atom stereocenters. The van der Waals surface area contributed by atoms with Crippen LogP contribution < -0.4 is 14.2 Å². The summed E-state index contributed by atoms with van der Waals surface area (Å²) in [6.45, 7) is 0. The Hall–Kier alpha value is -3.75. The monoisotopic (exact) mass is 415 g/mol. The number of ether oxygens (including phenoxy) is 3. The van der Waals surface area contributed by atoms with Crippen LogP contribution in [0.15, 0.2) is 54.7 Å². The van der Waals surface area contributed by atoms with Crippen LogP contribution in [0, 0.1) is 0 Å². The molecule has 0 saturated heterocycles. The van der Waals surface area contributed by atoms with E-state index in [-0.39, 0.29) is 5.75 Å². The summed E-state index contributed by atoms with van der Waals surface area (Å²) in [5, 5.41) is 7.88. The number of H-pyrrole nitrogens is 1. The van der Waals surface area contributed by atoms with Crippen LogP contribution >= 0.6 is 0 Å². The fourth-order valence-corrected chi connectivity index (χ4v) is 3.22. The highest BCUT2D eigenvalue weighted by Crippen LogP contribution is 2.38. The molecule has 2 aromatic carbocycles. The molecule has 2 aromatic heterocycles. The minimum Gasteiger partial charge on any atom is -0.493 e. The number of nitrogens with one attached hydrogen (secondary N) is 1. The second-order valence-electron chi connectivity index (χ2n) is 6.30. The summed E-state index contributed by atoms with van der Waals surface area (Å²) in [4.78, 5) is 4.48. The molecule has 0 aliphatic heterocycles. The van der Waals surface area contributed by atoms with Gasteiger partial charge in [-0.3, -0.25) is 10.1 Å². The molecule has 0 spiro atoms. The lowest BCUT2D eigenvalue weighted by Gasteiger charge is -2.11. The number of nitrogens with zero attached hydrogens (tertiary/aromatic N) is 2. The summed E-state index contributed by atoms with van der Waals surface area (Å²) in [6.07, 6.45) is -3.15. The first kappa shape index (κ1) is 19.6. The number of aromatic nitrogens is 3. The maximum Gasteiger partial charge on any atom is 0.573 e. The molecule has 6 nitrogen and oxygen atoms in total. The van der Waals surface area contributed by atoms with Gasteiger partial charge >= 0.3 is 6.36 Å². The smallest absolute Gasteiger partial charge is 0.493 e. The van der Waals surface area contributed by atoms with E-state index in [9.17, 15) is 13.2 Å². The molecule has 0 bridgehead atoms. The van der Waals surface area contributed by atoms with Crippen LogP contribution in [0.1, 0.15) is 0 Å². The van der Waals surface area contributed by atoms with Gasteiger partial charge in [0.1, 0.15) is 11.4 Å². The number of hydrogen-bond acceptors (Lipinski definition) is 5. The minimum atomic E-state index is -4.78. The van der Waals surface area contributed by atoms with E-state index in [0.717, 1.165) is 5.56 Å². The maximum atomic E-state index is 12.6. The number of pyridine rings is 1. The number of methoxy groups -OCH3 is 2. The third-order valence-electron chi connectivity index (χ3n) is 4.47. The second-order valence-corrected chi connectivity index (χ2v) is 6.30. The van der Waals surface area contributed by atoms with Crippen molar-refractivity contribution >= 4 is 10.9 Å². The Labute approximate surface area is 169 Å². The maximum absolute atomic E-state index is 12.6. The summed E-state index contributed by atoms with van der Waals surface area (Å²) in [5.41, 5.74) is 2.93. The lowest BCUT2D eigenvalue weighted by molar-refractivity contribution is -0.274. The standard InChI is InChI=1S/C21H16F3N3O3/c1-28-16-7-6-13(11-17(16)29-2)19-18-15(8-9-25-19)26-27-20(18)12-4-3-5-14(10-12)30-21(22,23)24/h3-11H,1-2H3,(H,26,27). The lowest BCUT2D eigenvalue weighted by Crippen LogP contribution is -2.17. The molecule has 4 aromatic rings. The molecule has 0 saturated carbocycles. The van der Waals surface area contributed by atoms with Gasteiger partial charge in [-0.05, 0) is 36.4 Å². The van der Waals surface area contributed by atoms with Crippen LogP contribution in [0.3, 0.4) is 0 Å². The molecule has 0 amide bonds. The predicted molar refractivity (Wildman–Crippen MR) is 105 cm³/mol. The molecule has 0 radical (unpaired) electrons. The van der Waals surface area contributed by atoms with Crippen LogP contribution in [0.5, 0.6) is 17.2 Å². The Morgan fingerprint density at radius 3 is 2.37 bits per heavy atom. The number of hydrogen-bond donors (Lipinski definition) is 1. The van der Waals surface area contributed by atoms with Crippen LogP contribution in [-0.2, 0) is 0 Å². The van der Waals surface area contributed by atoms with Gasteiger partial charge in [-0.1, -0.05) is 12.1 Å². The van der Waals surface area contributed by atoms with Crippen molar-refractivity contribution in [2.24, 2.45) is 0 Å². The fourth-order valence-electron chi connectivity index (χ4n) is 3.22. The number of benzene rings is 2. The highest BCUT2D eigenvalue weighted by Gasteiger charge is 2.31. The van der Waals surface area contributed by atoms with E-state index in [1.165, 1.54) is 25.3 Å². The quantitative estimate of drug-likeness (QED) is 0.485. The molecule has 2 heterocycles. The lowest BCUT2D eigenvalue weighted by atomic mass is 10.0. The zero-order valence-corrected chi connectivity index (χ0v) is 15.9. The zero-order chi connectivity index (χ0) is 21.3. The van der Waals surface area contributed by atoms with Gasteiger partial charge in [0, 0.05) is 17.3 Å². The molecule has 0 fully saturated rings. The van der Waals surface area contributed by atoms with Crippen molar-refractivity contribution in [2.75, 3.05) is 14.2 Å². The van der Waals surface area contributed by atoms with E-state index in [0.29, 0.717) is 39.4 Å². The second kappa shape index (κ2) is 7.58. The van der Waals surface area contributed by atoms with Crippen LogP contribution in [0.2, 0.25) is 0 Å². The Morgan fingerprint density at radius 2 is 1.63 bits per heavy atom. The summed E-state index contributed by atoms with van der Waals surface area (Å²) < 4.78 is 52.5. The molecule has 1 N–H and O–H groups in total. The SMILES string of the molecule is COc1ccc(-c2nccc3[nH]nc(-c4cccc(OC(F)(F)F)c4)c23)cc1OC. The summed E-state index contributed by atoms with van der Waals surface area (Å²) in [5.74, 6) is 0.768. The van der Waals surface area contributed by atoms with Gasteiger partial charge in [0.2, 0.25) is 0 Å². The van der Waals surface area contributed by atoms with Crippen molar-refractivity contribution in [3.05, 3.63) is 54.7 Å². The first-order chi connectivity index (χ1) is 14.4. The summed E-state index contributed by atoms with van der Waals surface area (Å²) in [7, 11) is 3.08. The highest BCUT2D eigenvalue weighted by molar-refractivity contribution is 6.02. The van der Waals surface area contributed by atoms with E-state index >= 15 is 0 Å². The van der Waals surface area contributed by atoms with Crippen molar-refractivity contribution in [2.45, 2.75) is 6.36 Å². The van der Waals surface area contributed by atoms with Crippen LogP contribution in [0.4, 0.5) is 13.2 Å². The minimum absolute atomic E-state index is 0.326. The molecular weight excluding hydrogens is 399 g/mol. The zero-order valence-electron chi connectivity index (χ0n) is 15.9. The summed E-state index contributed by atoms with van der Waals surface area (Å²) >= 11 is 0. The number of halogens is 3. The van der Waals surface area contributed by atoms with Gasteiger partial charge in [-0.2, -0.15) is 5.10 Å². The predicted octanol–water partition coefficient (Wildman–Crippen LogP) is 5.21. The average Bonchev–Trinajstić information content (AvgIpc) is 3.16. The molecule has 0 aliphatic carbocycles. The Balaban J connectivity index is 1.86. The first-order valence-corrected chi connectivity index (χ1v) is 8.81. The van der Waals surface area contributed by atoms with E-state index in [1.54, 1.807) is 37.6 Å². The summed E-state index contributed by atoms with van der Waals surface area (Å²) in [6, 6.07) is 12.8. The van der Waals surface area contributed by atoms with Crippen molar-refractivity contribution in [3.8, 4) is 39.8 Å². The van der Waals surface area contributed by atoms with Crippen molar-refractivity contribution in [3.63, 3.8) is 0 Å². The third-order valence-corrected chi connectivity index (χ3v) is 4.47. The van der Waals surface area contributed by atoms with E-state index in [2.05, 4.69) is 19.9 Å². The Bertz CT molecular complexity index is 1210. The van der Waals surface area contributed by atoms with Crippen molar-refractivity contribution in [1.29, 1.82) is 0 Å². The topological polar surface area (TPSA) is 69.3 Å². The first-order valence-electron chi connectivity index (χ1n) is 8.81. The largest absolute Gasteiger partial charge is 0.573 e. The Morgan fingerprint density at radius 1 is 0.867 bits per heavy atom. The number of fused-ring (bicyclic) bond motifs is 1. The van der Waals surface area contributed by atoms with E-state index in [1.807, 2.05) is 6.07 Å². The van der Waals surface area contributed by atoms with Crippen LogP contribution in [0.25, 0.3) is 33.4 Å². The molecule has 30 heavy (non-hydrogen) atoms. The van der Waals surface area contributed by atoms with E-state index < -0.39 is 6.36 Å². The highest BCUT2D eigenvalue weighted by atomic mass is 19.4. The average molecular weight is 415 g/mol. The number of alkyl halides is 3. The van der Waals surface area contributed by atoms with Gasteiger partial charge in [0.05, 0.1) is 30.8 Å². The molecule has 0 aliphatic rings. The molecular formula is C21H16F3N3O3. The molecule has 4 rings (SSSR count). The van der Waals surface area contributed by atoms with Crippen molar-refractivity contribution in [1.82, 2.24) is 15.2 Å². The normalized spacial score (nSPS) is 11.5. The van der Waals surface area contributed by atoms with Gasteiger partial charge in [-0.15, -0.1) is 13.2 Å². The number of aromatic amines is 1. The van der Waals surface area contributed by atoms with Gasteiger partial charge < -0.3 is 14.2 Å². The Kier molecular flexibility index (Phi) is 4.94. The van der Waals surface area contributed by atoms with Gasteiger partial charge in [0.25, 0.3) is 0 Å². The molecule has 154 valence electrons. The van der Waals surface area contributed by atoms with Crippen LogP contribution in [-0.4, -0.2) is 35.8 Å². The van der Waals surface area contributed by atoms with Gasteiger partial charge in [0.15, 0.2) is 11.5 Å². The van der Waals surface area contributed by atoms with Gasteiger partial charge in [-0.25, -0.2) is 0 Å². The fraction of sp³-hybridized carbons (Fsp3) is 0.143.